The summed E-state index contributed by atoms with van der Waals surface area (Å²) in [5.74, 6) is 1.51. The Morgan fingerprint density at radius 1 is 1.17 bits per heavy atom. The van der Waals surface area contributed by atoms with Gasteiger partial charge in [0.25, 0.3) is 0 Å². The third-order valence-corrected chi connectivity index (χ3v) is 4.52. The van der Waals surface area contributed by atoms with Crippen LogP contribution in [0, 0.1) is 0 Å². The minimum Gasteiger partial charge on any atom is -0.472 e. The summed E-state index contributed by atoms with van der Waals surface area (Å²) >= 11 is 0. The predicted molar refractivity (Wildman–Crippen MR) is 127 cm³/mol. The molecule has 1 aromatic rings. The van der Waals surface area contributed by atoms with E-state index in [0.717, 1.165) is 18.1 Å². The molecule has 2 aliphatic heterocycles. The fraction of sp³-hybridized carbons (Fsp3) is 0.667. The Hall–Kier alpha value is -1.78. The first-order valence-electron chi connectivity index (χ1n) is 10.2. The summed E-state index contributed by atoms with van der Waals surface area (Å²) in [4.78, 5) is 25.4. The van der Waals surface area contributed by atoms with Crippen LogP contribution in [-0.2, 0) is 11.3 Å². The van der Waals surface area contributed by atoms with E-state index in [-0.39, 0.29) is 41.7 Å². The lowest BCUT2D eigenvalue weighted by atomic mass is 10.2. The highest BCUT2D eigenvalue weighted by Crippen LogP contribution is 2.19. The maximum Gasteiger partial charge on any atom is 0.410 e. The predicted octanol–water partition coefficient (Wildman–Crippen LogP) is 3.26. The number of nitrogens with one attached hydrogen (secondary N) is 1. The van der Waals surface area contributed by atoms with Gasteiger partial charge in [-0.15, -0.1) is 24.0 Å². The van der Waals surface area contributed by atoms with E-state index < -0.39 is 5.60 Å². The van der Waals surface area contributed by atoms with Crippen LogP contribution >= 0.6 is 24.0 Å². The molecule has 0 aliphatic carbocycles. The number of rotatable bonds is 3. The first-order valence-corrected chi connectivity index (χ1v) is 10.2. The number of nitrogens with zero attached hydrogens (tertiary/aromatic N) is 4. The highest BCUT2D eigenvalue weighted by Gasteiger charge is 2.36. The second-order valence-electron chi connectivity index (χ2n) is 9.51. The zero-order valence-corrected chi connectivity index (χ0v) is 21.1. The molecule has 2 aliphatic rings. The quantitative estimate of drug-likeness (QED) is 0.604. The van der Waals surface area contributed by atoms with Crippen molar-refractivity contribution >= 4 is 36.0 Å². The summed E-state index contributed by atoms with van der Waals surface area (Å²) in [6.07, 6.45) is 1.57. The zero-order chi connectivity index (χ0) is 21.2. The summed E-state index contributed by atoms with van der Waals surface area (Å²) in [6, 6.07) is 4.09. The molecule has 1 amide bonds. The molecule has 0 spiro atoms. The van der Waals surface area contributed by atoms with Gasteiger partial charge >= 0.3 is 6.09 Å². The fourth-order valence-corrected chi connectivity index (χ4v) is 3.29. The van der Waals surface area contributed by atoms with Crippen molar-refractivity contribution in [2.24, 2.45) is 4.99 Å². The lowest BCUT2D eigenvalue weighted by molar-refractivity contribution is 0.0137. The number of hydrogen-bond acceptors (Lipinski definition) is 7. The number of carbonyl (C=O) groups excluding carboxylic acids is 1. The van der Waals surface area contributed by atoms with E-state index in [2.05, 4.69) is 20.2 Å². The molecule has 1 aromatic heterocycles. The molecule has 1 atom stereocenters. The highest BCUT2D eigenvalue weighted by molar-refractivity contribution is 14.0. The van der Waals surface area contributed by atoms with Gasteiger partial charge in [-0.05, 0) is 47.1 Å². The Morgan fingerprint density at radius 3 is 2.50 bits per heavy atom. The second-order valence-corrected chi connectivity index (χ2v) is 9.51. The van der Waals surface area contributed by atoms with Crippen molar-refractivity contribution in [2.75, 3.05) is 26.2 Å². The maximum atomic E-state index is 12.3. The Labute approximate surface area is 196 Å². The van der Waals surface area contributed by atoms with Gasteiger partial charge < -0.3 is 24.6 Å². The number of guanidine groups is 1. The monoisotopic (exact) mass is 531 g/mol. The average molecular weight is 531 g/mol. The summed E-state index contributed by atoms with van der Waals surface area (Å²) < 4.78 is 11.3. The van der Waals surface area contributed by atoms with Gasteiger partial charge in [0.2, 0.25) is 5.88 Å². The van der Waals surface area contributed by atoms with E-state index in [1.54, 1.807) is 4.90 Å². The molecule has 3 heterocycles. The van der Waals surface area contributed by atoms with Gasteiger partial charge in [0.1, 0.15) is 11.2 Å². The molecule has 0 bridgehead atoms. The molecule has 168 valence electrons. The maximum absolute atomic E-state index is 12.3. The van der Waals surface area contributed by atoms with Crippen LogP contribution in [0.4, 0.5) is 4.79 Å². The summed E-state index contributed by atoms with van der Waals surface area (Å²) in [5, 5.41) is 3.41. The van der Waals surface area contributed by atoms with Crippen LogP contribution in [-0.4, -0.2) is 70.3 Å². The molecule has 1 N–H and O–H groups in total. The van der Waals surface area contributed by atoms with E-state index in [1.165, 1.54) is 0 Å². The molecule has 0 saturated carbocycles. The number of halogens is 1. The first-order chi connectivity index (χ1) is 13.5. The van der Waals surface area contributed by atoms with E-state index in [1.807, 2.05) is 59.9 Å². The van der Waals surface area contributed by atoms with Gasteiger partial charge in [-0.3, -0.25) is 4.99 Å². The minimum atomic E-state index is -0.478. The molecular formula is C21H34IN5O3. The number of pyridine rings is 1. The number of aromatic nitrogens is 1. The van der Waals surface area contributed by atoms with Crippen LogP contribution < -0.4 is 10.1 Å². The van der Waals surface area contributed by atoms with Crippen molar-refractivity contribution in [3.05, 3.63) is 23.9 Å². The van der Waals surface area contributed by atoms with Crippen LogP contribution in [0.5, 0.6) is 5.88 Å². The molecule has 3 rings (SSSR count). The number of carbonyl (C=O) groups is 1. The third-order valence-electron chi connectivity index (χ3n) is 4.52. The number of aliphatic imine (C=N–C) groups is 1. The molecule has 8 nitrogen and oxygen atoms in total. The van der Waals surface area contributed by atoms with E-state index in [4.69, 9.17) is 9.47 Å². The van der Waals surface area contributed by atoms with Crippen molar-refractivity contribution in [3.8, 4) is 5.88 Å². The minimum absolute atomic E-state index is 0. The Bertz CT molecular complexity index is 755. The second kappa shape index (κ2) is 9.57. The van der Waals surface area contributed by atoms with Crippen molar-refractivity contribution in [3.63, 3.8) is 0 Å². The van der Waals surface area contributed by atoms with Gasteiger partial charge in [-0.1, -0.05) is 6.07 Å². The van der Waals surface area contributed by atoms with Crippen LogP contribution in [0.3, 0.4) is 0 Å². The molecule has 0 radical (unpaired) electrons. The summed E-state index contributed by atoms with van der Waals surface area (Å²) in [5.41, 5.74) is 0.320. The molecule has 30 heavy (non-hydrogen) atoms. The number of hydrogen-bond donors (Lipinski definition) is 1. The first kappa shape index (κ1) is 24.5. The number of amides is 1. The number of ether oxygens (including phenoxy) is 2. The largest absolute Gasteiger partial charge is 0.472 e. The molecule has 1 saturated heterocycles. The Kier molecular flexibility index (Phi) is 7.81. The average Bonchev–Trinajstić information content (AvgIpc) is 3.00. The smallest absolute Gasteiger partial charge is 0.410 e. The lowest BCUT2D eigenvalue weighted by Gasteiger charge is -2.39. The van der Waals surface area contributed by atoms with Gasteiger partial charge in [-0.2, -0.15) is 0 Å². The fourth-order valence-electron chi connectivity index (χ4n) is 3.29. The molecule has 0 aromatic carbocycles. The summed E-state index contributed by atoms with van der Waals surface area (Å²) in [7, 11) is 0. The van der Waals surface area contributed by atoms with Crippen LogP contribution in [0.15, 0.2) is 23.3 Å². The SMILES string of the molecule is CC(C)(C)OC(=O)N1CCN2C(NCc3ccc(OC(C)(C)C)nc3)=NCC2C1.I. The van der Waals surface area contributed by atoms with Gasteiger partial charge in [0, 0.05) is 38.4 Å². The van der Waals surface area contributed by atoms with Crippen molar-refractivity contribution < 1.29 is 14.3 Å². The van der Waals surface area contributed by atoms with E-state index in [0.29, 0.717) is 32.1 Å². The lowest BCUT2D eigenvalue weighted by Crippen LogP contribution is -2.57. The Balaban J connectivity index is 0.00000320. The molecule has 1 fully saturated rings. The van der Waals surface area contributed by atoms with Gasteiger partial charge in [0.05, 0.1) is 12.6 Å². The topological polar surface area (TPSA) is 79.3 Å². The normalized spacial score (nSPS) is 18.9. The molecule has 1 unspecified atom stereocenters. The Morgan fingerprint density at radius 2 is 1.90 bits per heavy atom. The van der Waals surface area contributed by atoms with Crippen LogP contribution in [0.2, 0.25) is 0 Å². The van der Waals surface area contributed by atoms with Crippen LogP contribution in [0.25, 0.3) is 0 Å². The zero-order valence-electron chi connectivity index (χ0n) is 18.8. The summed E-state index contributed by atoms with van der Waals surface area (Å²) in [6.45, 7) is 15.0. The van der Waals surface area contributed by atoms with E-state index in [9.17, 15) is 4.79 Å². The molecular weight excluding hydrogens is 497 g/mol. The number of fused-ring (bicyclic) bond motifs is 1. The van der Waals surface area contributed by atoms with Gasteiger partial charge in [0.15, 0.2) is 5.96 Å². The van der Waals surface area contributed by atoms with Crippen molar-refractivity contribution in [2.45, 2.75) is 65.3 Å². The highest BCUT2D eigenvalue weighted by atomic mass is 127. The van der Waals surface area contributed by atoms with E-state index >= 15 is 0 Å². The third kappa shape index (κ3) is 6.88. The van der Waals surface area contributed by atoms with Gasteiger partial charge in [-0.25, -0.2) is 9.78 Å². The molecule has 9 heteroatoms. The van der Waals surface area contributed by atoms with Crippen LogP contribution in [0.1, 0.15) is 47.1 Å². The standard InChI is InChI=1S/C21H33N5O3.HI/c1-20(2,3)28-17-8-7-15(11-22-17)12-23-18-24-13-16-14-25(9-10-26(16)18)19(27)29-21(4,5)6;/h7-8,11,16H,9-10,12-14H2,1-6H3,(H,23,24);1H. The van der Waals surface area contributed by atoms with Crippen molar-refractivity contribution in [1.29, 1.82) is 0 Å². The number of piperazine rings is 1. The van der Waals surface area contributed by atoms with Crippen molar-refractivity contribution in [1.82, 2.24) is 20.1 Å².